The molecule has 0 spiro atoms. The number of benzene rings is 1. The van der Waals surface area contributed by atoms with Crippen LogP contribution in [0.4, 0.5) is 10.7 Å². The van der Waals surface area contributed by atoms with Crippen LogP contribution in [0.5, 0.6) is 0 Å². The molecule has 26 heavy (non-hydrogen) atoms. The number of rotatable bonds is 5. The standard InChI is InChI=1S/C17H21N7OS/c18-7-12(8-19)22-16(25)14-15(21)26-17(23-14)10-2-1-3-13(6-10)24-5-4-11(20)9-24/h1-3,6-8,11,18H,4-5,9,19-21H2,(H,22,25)/b12-8+,18-7?. The van der Waals surface area contributed by atoms with Crippen molar-refractivity contribution in [3.63, 3.8) is 0 Å². The van der Waals surface area contributed by atoms with Gasteiger partial charge >= 0.3 is 0 Å². The van der Waals surface area contributed by atoms with Crippen LogP contribution >= 0.6 is 11.3 Å². The van der Waals surface area contributed by atoms with Gasteiger partial charge in [0.1, 0.15) is 10.0 Å². The largest absolute Gasteiger partial charge is 0.403 e. The monoisotopic (exact) mass is 371 g/mol. The van der Waals surface area contributed by atoms with Gasteiger partial charge in [-0.25, -0.2) is 4.98 Å². The van der Waals surface area contributed by atoms with Gasteiger partial charge in [0.25, 0.3) is 5.91 Å². The third-order valence-electron chi connectivity index (χ3n) is 4.14. The highest BCUT2D eigenvalue weighted by atomic mass is 32.1. The molecule has 1 aliphatic rings. The number of carbonyl (C=O) groups excluding carboxylic acids is 1. The average Bonchev–Trinajstić information content (AvgIpc) is 3.25. The molecule has 1 aromatic heterocycles. The number of carbonyl (C=O) groups is 1. The van der Waals surface area contributed by atoms with Crippen LogP contribution < -0.4 is 27.4 Å². The number of anilines is 2. The van der Waals surface area contributed by atoms with E-state index in [1.807, 2.05) is 24.3 Å². The first kappa shape index (κ1) is 17.9. The summed E-state index contributed by atoms with van der Waals surface area (Å²) in [6.07, 6.45) is 3.06. The van der Waals surface area contributed by atoms with E-state index in [0.29, 0.717) is 10.0 Å². The number of aromatic nitrogens is 1. The summed E-state index contributed by atoms with van der Waals surface area (Å²) in [4.78, 5) is 18.9. The molecule has 1 unspecified atom stereocenters. The molecule has 1 saturated heterocycles. The number of hydrogen-bond donors (Lipinski definition) is 5. The molecular weight excluding hydrogens is 350 g/mol. The van der Waals surface area contributed by atoms with E-state index < -0.39 is 5.91 Å². The van der Waals surface area contributed by atoms with Gasteiger partial charge in [0.2, 0.25) is 0 Å². The number of nitrogens with two attached hydrogens (primary N) is 3. The molecule has 8 N–H and O–H groups in total. The maximum Gasteiger partial charge on any atom is 0.277 e. The molecule has 136 valence electrons. The Morgan fingerprint density at radius 1 is 1.46 bits per heavy atom. The summed E-state index contributed by atoms with van der Waals surface area (Å²) >= 11 is 1.24. The molecule has 1 aromatic carbocycles. The Labute approximate surface area is 155 Å². The third kappa shape index (κ3) is 3.68. The lowest BCUT2D eigenvalue weighted by Crippen LogP contribution is -2.26. The number of nitrogen functional groups attached to an aromatic ring is 1. The van der Waals surface area contributed by atoms with Gasteiger partial charge in [0.15, 0.2) is 5.69 Å². The summed E-state index contributed by atoms with van der Waals surface area (Å²) in [5.41, 5.74) is 19.6. The highest BCUT2D eigenvalue weighted by Gasteiger charge is 2.21. The molecule has 2 heterocycles. The Kier molecular flexibility index (Phi) is 5.19. The number of thiazole rings is 1. The zero-order chi connectivity index (χ0) is 18.7. The molecule has 1 aliphatic heterocycles. The van der Waals surface area contributed by atoms with Gasteiger partial charge in [-0.3, -0.25) is 4.79 Å². The van der Waals surface area contributed by atoms with Crippen LogP contribution in [0.15, 0.2) is 36.2 Å². The minimum Gasteiger partial charge on any atom is -0.403 e. The second-order valence-electron chi connectivity index (χ2n) is 6.00. The van der Waals surface area contributed by atoms with Crippen molar-refractivity contribution in [2.24, 2.45) is 11.5 Å². The number of amides is 1. The van der Waals surface area contributed by atoms with Crippen molar-refractivity contribution in [2.75, 3.05) is 23.7 Å². The Morgan fingerprint density at radius 3 is 2.92 bits per heavy atom. The van der Waals surface area contributed by atoms with E-state index in [1.165, 1.54) is 11.3 Å². The van der Waals surface area contributed by atoms with E-state index in [1.54, 1.807) is 0 Å². The first-order valence-corrected chi connectivity index (χ1v) is 8.94. The van der Waals surface area contributed by atoms with Crippen LogP contribution in [0, 0.1) is 5.41 Å². The molecule has 0 aliphatic carbocycles. The first-order valence-electron chi connectivity index (χ1n) is 8.12. The number of allylic oxidation sites excluding steroid dienone is 1. The fourth-order valence-electron chi connectivity index (χ4n) is 2.79. The summed E-state index contributed by atoms with van der Waals surface area (Å²) in [5.74, 6) is -0.494. The van der Waals surface area contributed by atoms with E-state index in [-0.39, 0.29) is 17.4 Å². The van der Waals surface area contributed by atoms with Gasteiger partial charge in [-0.1, -0.05) is 23.5 Å². The SMILES string of the molecule is N=C/C(=C\N)NC(=O)c1nc(-c2cccc(N3CCC(N)C3)c2)sc1N. The maximum atomic E-state index is 12.3. The van der Waals surface area contributed by atoms with E-state index >= 15 is 0 Å². The Bertz CT molecular complexity index is 861. The third-order valence-corrected chi connectivity index (χ3v) is 5.08. The second kappa shape index (κ2) is 7.54. The summed E-state index contributed by atoms with van der Waals surface area (Å²) < 4.78 is 0. The predicted molar refractivity (Wildman–Crippen MR) is 105 cm³/mol. The molecule has 1 fully saturated rings. The first-order chi connectivity index (χ1) is 12.5. The van der Waals surface area contributed by atoms with Crippen molar-refractivity contribution >= 4 is 34.1 Å². The van der Waals surface area contributed by atoms with Gasteiger partial charge in [0, 0.05) is 42.8 Å². The highest BCUT2D eigenvalue weighted by Crippen LogP contribution is 2.32. The van der Waals surface area contributed by atoms with Crippen molar-refractivity contribution in [1.82, 2.24) is 10.3 Å². The maximum absolute atomic E-state index is 12.3. The van der Waals surface area contributed by atoms with Gasteiger partial charge < -0.3 is 32.8 Å². The summed E-state index contributed by atoms with van der Waals surface area (Å²) in [5, 5.41) is 10.6. The van der Waals surface area contributed by atoms with E-state index in [9.17, 15) is 4.79 Å². The predicted octanol–water partition coefficient (Wildman–Crippen LogP) is 1.11. The number of nitrogens with one attached hydrogen (secondary N) is 2. The molecular formula is C17H21N7OS. The minimum atomic E-state index is -0.494. The van der Waals surface area contributed by atoms with Crippen LogP contribution in [0.2, 0.25) is 0 Å². The number of hydrogen-bond acceptors (Lipinski definition) is 8. The number of nitrogens with zero attached hydrogens (tertiary/aromatic N) is 2. The molecule has 0 bridgehead atoms. The van der Waals surface area contributed by atoms with Crippen molar-refractivity contribution in [3.05, 3.63) is 41.9 Å². The van der Waals surface area contributed by atoms with Crippen LogP contribution in [0.1, 0.15) is 16.9 Å². The van der Waals surface area contributed by atoms with E-state index in [2.05, 4.69) is 15.2 Å². The van der Waals surface area contributed by atoms with Crippen molar-refractivity contribution in [1.29, 1.82) is 5.41 Å². The highest BCUT2D eigenvalue weighted by molar-refractivity contribution is 7.19. The Balaban J connectivity index is 1.85. The molecule has 0 saturated carbocycles. The smallest absolute Gasteiger partial charge is 0.277 e. The average molecular weight is 371 g/mol. The van der Waals surface area contributed by atoms with E-state index in [4.69, 9.17) is 22.6 Å². The summed E-state index contributed by atoms with van der Waals surface area (Å²) in [6.45, 7) is 1.76. The minimum absolute atomic E-state index is 0.125. The van der Waals surface area contributed by atoms with Crippen LogP contribution in [0.3, 0.4) is 0 Å². The molecule has 9 heteroatoms. The van der Waals surface area contributed by atoms with Crippen LogP contribution in [-0.2, 0) is 0 Å². The van der Waals surface area contributed by atoms with Gasteiger partial charge in [-0.2, -0.15) is 0 Å². The van der Waals surface area contributed by atoms with Gasteiger partial charge in [-0.05, 0) is 18.6 Å². The Hall–Kier alpha value is -2.91. The van der Waals surface area contributed by atoms with Crippen molar-refractivity contribution in [2.45, 2.75) is 12.5 Å². The van der Waals surface area contributed by atoms with Gasteiger partial charge in [0.05, 0.1) is 5.70 Å². The zero-order valence-electron chi connectivity index (χ0n) is 14.1. The molecule has 1 amide bonds. The zero-order valence-corrected chi connectivity index (χ0v) is 14.9. The Morgan fingerprint density at radius 2 is 2.27 bits per heavy atom. The lowest BCUT2D eigenvalue weighted by molar-refractivity contribution is 0.0964. The van der Waals surface area contributed by atoms with Crippen LogP contribution in [-0.4, -0.2) is 36.2 Å². The fraction of sp³-hybridized carbons (Fsp3) is 0.235. The van der Waals surface area contributed by atoms with Crippen molar-refractivity contribution < 1.29 is 4.79 Å². The van der Waals surface area contributed by atoms with E-state index in [0.717, 1.165) is 43.2 Å². The molecule has 0 radical (unpaired) electrons. The molecule has 1 atom stereocenters. The molecule has 3 rings (SSSR count). The van der Waals surface area contributed by atoms with Crippen LogP contribution in [0.25, 0.3) is 10.6 Å². The topological polar surface area (TPSA) is 147 Å². The fourth-order valence-corrected chi connectivity index (χ4v) is 3.62. The lowest BCUT2D eigenvalue weighted by Gasteiger charge is -2.18. The molecule has 8 nitrogen and oxygen atoms in total. The lowest BCUT2D eigenvalue weighted by atomic mass is 10.2. The summed E-state index contributed by atoms with van der Waals surface area (Å²) in [7, 11) is 0. The quantitative estimate of drug-likeness (QED) is 0.497. The summed E-state index contributed by atoms with van der Waals surface area (Å²) in [6, 6.07) is 8.15. The molecule has 2 aromatic rings. The second-order valence-corrected chi connectivity index (χ2v) is 7.03. The van der Waals surface area contributed by atoms with Gasteiger partial charge in [-0.15, -0.1) is 0 Å². The van der Waals surface area contributed by atoms with Crippen molar-refractivity contribution in [3.8, 4) is 10.6 Å². The normalized spacial score (nSPS) is 17.3.